The van der Waals surface area contributed by atoms with Gasteiger partial charge in [0.1, 0.15) is 0 Å². The summed E-state index contributed by atoms with van der Waals surface area (Å²) in [6.45, 7) is 9.33. The largest absolute Gasteiger partial charge is 0.487 e. The first-order valence-corrected chi connectivity index (χ1v) is 7.61. The molecule has 112 valence electrons. The van der Waals surface area contributed by atoms with E-state index >= 15 is 0 Å². The van der Waals surface area contributed by atoms with Gasteiger partial charge < -0.3 is 14.6 Å². The Bertz CT molecular complexity index is 537. The van der Waals surface area contributed by atoms with E-state index in [1.54, 1.807) is 0 Å². The minimum Gasteiger partial charge on any atom is -0.400 e. The molecule has 2 saturated heterocycles. The lowest BCUT2D eigenvalue weighted by Gasteiger charge is -2.32. The standard InChI is InChI=1S/C16H23BN2O2/c1-15(2)16(3,4)21-17(20-15)8-5-13-11-12(6-9-18-13)14-7-10-19-14/h5-6,8-9,11,14,19H,7,10H2,1-4H3/b8-5+/t14-/m0/s1. The Morgan fingerprint density at radius 1 is 1.29 bits per heavy atom. The fourth-order valence-corrected chi connectivity index (χ4v) is 2.49. The fourth-order valence-electron chi connectivity index (χ4n) is 2.49. The van der Waals surface area contributed by atoms with Crippen LogP contribution in [0.4, 0.5) is 0 Å². The van der Waals surface area contributed by atoms with Crippen LogP contribution in [0.5, 0.6) is 0 Å². The highest BCUT2D eigenvalue weighted by Crippen LogP contribution is 2.37. The van der Waals surface area contributed by atoms with E-state index in [4.69, 9.17) is 9.31 Å². The van der Waals surface area contributed by atoms with Crippen LogP contribution in [0.2, 0.25) is 0 Å². The van der Waals surface area contributed by atoms with E-state index in [9.17, 15) is 0 Å². The van der Waals surface area contributed by atoms with E-state index in [0.717, 1.165) is 12.2 Å². The first-order valence-electron chi connectivity index (χ1n) is 7.61. The summed E-state index contributed by atoms with van der Waals surface area (Å²) in [6.07, 6.45) is 5.04. The summed E-state index contributed by atoms with van der Waals surface area (Å²) in [5, 5.41) is 3.41. The van der Waals surface area contributed by atoms with Crippen molar-refractivity contribution in [2.45, 2.75) is 51.4 Å². The minimum absolute atomic E-state index is 0.298. The molecule has 0 radical (unpaired) electrons. The predicted molar refractivity (Wildman–Crippen MR) is 84.7 cm³/mol. The number of aromatic nitrogens is 1. The maximum atomic E-state index is 5.95. The van der Waals surface area contributed by atoms with E-state index < -0.39 is 0 Å². The van der Waals surface area contributed by atoms with E-state index in [1.807, 2.05) is 18.2 Å². The molecule has 1 atom stereocenters. The average molecular weight is 286 g/mol. The maximum Gasteiger partial charge on any atom is 0.487 e. The molecule has 0 saturated carbocycles. The van der Waals surface area contributed by atoms with Crippen LogP contribution in [0.25, 0.3) is 6.08 Å². The maximum absolute atomic E-state index is 5.95. The van der Waals surface area contributed by atoms with Crippen LogP contribution in [0.15, 0.2) is 24.3 Å². The highest BCUT2D eigenvalue weighted by atomic mass is 16.7. The van der Waals surface area contributed by atoms with Gasteiger partial charge >= 0.3 is 7.12 Å². The molecular weight excluding hydrogens is 263 g/mol. The van der Waals surface area contributed by atoms with Gasteiger partial charge in [0.2, 0.25) is 0 Å². The third-order valence-electron chi connectivity index (χ3n) is 4.73. The number of hydrogen-bond donors (Lipinski definition) is 1. The number of rotatable bonds is 3. The van der Waals surface area contributed by atoms with Gasteiger partial charge in [0.05, 0.1) is 16.9 Å². The van der Waals surface area contributed by atoms with Gasteiger partial charge in [-0.1, -0.05) is 5.98 Å². The predicted octanol–water partition coefficient (Wildman–Crippen LogP) is 2.76. The molecule has 0 aliphatic carbocycles. The van der Waals surface area contributed by atoms with E-state index in [1.165, 1.54) is 12.0 Å². The van der Waals surface area contributed by atoms with E-state index in [-0.39, 0.29) is 18.3 Å². The molecule has 0 unspecified atom stereocenters. The van der Waals surface area contributed by atoms with Gasteiger partial charge in [0.25, 0.3) is 0 Å². The number of hydrogen-bond acceptors (Lipinski definition) is 4. The van der Waals surface area contributed by atoms with Gasteiger partial charge in [0.15, 0.2) is 0 Å². The third kappa shape index (κ3) is 2.91. The molecule has 0 spiro atoms. The Morgan fingerprint density at radius 3 is 2.52 bits per heavy atom. The Morgan fingerprint density at radius 2 is 1.95 bits per heavy atom. The zero-order valence-electron chi connectivity index (χ0n) is 13.2. The molecular formula is C16H23BN2O2. The highest BCUT2D eigenvalue weighted by Gasteiger charge is 2.50. The number of nitrogens with zero attached hydrogens (tertiary/aromatic N) is 1. The van der Waals surface area contributed by atoms with Crippen molar-refractivity contribution in [1.82, 2.24) is 10.3 Å². The van der Waals surface area contributed by atoms with Crippen LogP contribution in [0, 0.1) is 0 Å². The molecule has 2 aliphatic rings. The molecule has 3 heterocycles. The lowest BCUT2D eigenvalue weighted by atomic mass is 9.89. The highest BCUT2D eigenvalue weighted by molar-refractivity contribution is 6.52. The first-order chi connectivity index (χ1) is 9.87. The molecule has 1 aromatic heterocycles. The second-order valence-electron chi connectivity index (χ2n) is 6.79. The van der Waals surface area contributed by atoms with Crippen LogP contribution >= 0.6 is 0 Å². The van der Waals surface area contributed by atoms with E-state index in [2.05, 4.69) is 50.1 Å². The zero-order chi connectivity index (χ0) is 15.1. The van der Waals surface area contributed by atoms with Gasteiger partial charge in [-0.15, -0.1) is 0 Å². The zero-order valence-corrected chi connectivity index (χ0v) is 13.2. The van der Waals surface area contributed by atoms with Gasteiger partial charge in [0, 0.05) is 12.2 Å². The average Bonchev–Trinajstić information content (AvgIpc) is 2.54. The van der Waals surface area contributed by atoms with Crippen molar-refractivity contribution in [3.05, 3.63) is 35.6 Å². The van der Waals surface area contributed by atoms with Crippen molar-refractivity contribution < 1.29 is 9.31 Å². The normalized spacial score (nSPS) is 27.0. The Balaban J connectivity index is 1.69. The molecule has 3 rings (SSSR count). The van der Waals surface area contributed by atoms with Crippen LogP contribution in [0.1, 0.15) is 51.4 Å². The minimum atomic E-state index is -0.317. The first kappa shape index (κ1) is 14.8. The molecule has 0 bridgehead atoms. The summed E-state index contributed by atoms with van der Waals surface area (Å²) in [4.78, 5) is 4.39. The molecule has 1 N–H and O–H groups in total. The second kappa shape index (κ2) is 5.23. The van der Waals surface area contributed by atoms with Crippen molar-refractivity contribution in [2.75, 3.05) is 6.54 Å². The summed E-state index contributed by atoms with van der Waals surface area (Å²) < 4.78 is 11.9. The van der Waals surface area contributed by atoms with Crippen molar-refractivity contribution in [1.29, 1.82) is 0 Å². The van der Waals surface area contributed by atoms with Crippen LogP contribution < -0.4 is 5.32 Å². The summed E-state index contributed by atoms with van der Waals surface area (Å²) in [5.41, 5.74) is 1.64. The quantitative estimate of drug-likeness (QED) is 0.868. The Kier molecular flexibility index (Phi) is 3.68. The Hall–Kier alpha value is -1.17. The molecule has 2 aliphatic heterocycles. The van der Waals surface area contributed by atoms with Gasteiger partial charge in [-0.05, 0) is 64.4 Å². The topological polar surface area (TPSA) is 43.4 Å². The number of nitrogens with one attached hydrogen (secondary N) is 1. The van der Waals surface area contributed by atoms with Crippen molar-refractivity contribution in [3.63, 3.8) is 0 Å². The second-order valence-corrected chi connectivity index (χ2v) is 6.79. The van der Waals surface area contributed by atoms with Crippen molar-refractivity contribution in [3.8, 4) is 0 Å². The molecule has 21 heavy (non-hydrogen) atoms. The summed E-state index contributed by atoms with van der Waals surface area (Å²) in [7, 11) is -0.317. The molecule has 5 heteroatoms. The van der Waals surface area contributed by atoms with Gasteiger partial charge in [-0.2, -0.15) is 0 Å². The smallest absolute Gasteiger partial charge is 0.400 e. The monoisotopic (exact) mass is 286 g/mol. The van der Waals surface area contributed by atoms with E-state index in [0.29, 0.717) is 6.04 Å². The fraction of sp³-hybridized carbons (Fsp3) is 0.562. The molecule has 0 amide bonds. The third-order valence-corrected chi connectivity index (χ3v) is 4.73. The van der Waals surface area contributed by atoms with Crippen molar-refractivity contribution >= 4 is 13.2 Å². The summed E-state index contributed by atoms with van der Waals surface area (Å²) in [6, 6.07) is 4.68. The molecule has 4 nitrogen and oxygen atoms in total. The lowest BCUT2D eigenvalue weighted by molar-refractivity contribution is 0.00578. The van der Waals surface area contributed by atoms with Gasteiger partial charge in [-0.3, -0.25) is 4.98 Å². The number of pyridine rings is 1. The van der Waals surface area contributed by atoms with Crippen LogP contribution in [0.3, 0.4) is 0 Å². The molecule has 1 aromatic rings. The SMILES string of the molecule is CC1(C)OB(/C=C/c2cc([C@@H]3CCN3)ccn2)OC1(C)C. The Labute approximate surface area is 127 Å². The molecule has 0 aromatic carbocycles. The van der Waals surface area contributed by atoms with Gasteiger partial charge in [-0.25, -0.2) is 0 Å². The summed E-state index contributed by atoms with van der Waals surface area (Å²) in [5.74, 6) is 1.94. The van der Waals surface area contributed by atoms with Crippen LogP contribution in [-0.2, 0) is 9.31 Å². The van der Waals surface area contributed by atoms with Crippen LogP contribution in [-0.4, -0.2) is 29.8 Å². The summed E-state index contributed by atoms with van der Waals surface area (Å²) >= 11 is 0. The molecule has 2 fully saturated rings. The lowest BCUT2D eigenvalue weighted by Crippen LogP contribution is -2.41. The van der Waals surface area contributed by atoms with Crippen molar-refractivity contribution in [2.24, 2.45) is 0 Å².